The van der Waals surface area contributed by atoms with Crippen LogP contribution in [0, 0.1) is 5.41 Å². The van der Waals surface area contributed by atoms with E-state index in [0.29, 0.717) is 0 Å². The third-order valence-corrected chi connectivity index (χ3v) is 3.68. The van der Waals surface area contributed by atoms with E-state index < -0.39 is 0 Å². The Balaban J connectivity index is 2.72. The molecule has 0 aromatic carbocycles. The number of halogens is 1. The number of thiophene rings is 1. The number of aliphatic hydroxyl groups excluding tert-OH is 1. The van der Waals surface area contributed by atoms with Crippen molar-refractivity contribution in [1.82, 2.24) is 0 Å². The fourth-order valence-electron chi connectivity index (χ4n) is 1.04. The van der Waals surface area contributed by atoms with Gasteiger partial charge in [0.15, 0.2) is 0 Å². The van der Waals surface area contributed by atoms with Gasteiger partial charge in [0.1, 0.15) is 0 Å². The SMILES string of the molecule is C=CC(C)(CO)Cc1ccc(Br)s1. The molecule has 0 aliphatic carbocycles. The summed E-state index contributed by atoms with van der Waals surface area (Å²) in [5.41, 5.74) is -0.190. The lowest BCUT2D eigenvalue weighted by molar-refractivity contribution is 0.185. The zero-order valence-electron chi connectivity index (χ0n) is 7.59. The van der Waals surface area contributed by atoms with Crippen LogP contribution in [0.25, 0.3) is 0 Å². The fraction of sp³-hybridized carbons (Fsp3) is 0.400. The average molecular weight is 261 g/mol. The Morgan fingerprint density at radius 1 is 1.69 bits per heavy atom. The molecule has 1 N–H and O–H groups in total. The van der Waals surface area contributed by atoms with E-state index in [1.807, 2.05) is 19.1 Å². The molecule has 1 unspecified atom stereocenters. The lowest BCUT2D eigenvalue weighted by atomic mass is 9.87. The minimum Gasteiger partial charge on any atom is -0.395 e. The lowest BCUT2D eigenvalue weighted by Gasteiger charge is -2.21. The molecule has 0 bridgehead atoms. The van der Waals surface area contributed by atoms with E-state index in [2.05, 4.69) is 28.6 Å². The van der Waals surface area contributed by atoms with Gasteiger partial charge >= 0.3 is 0 Å². The van der Waals surface area contributed by atoms with Gasteiger partial charge < -0.3 is 5.11 Å². The number of aliphatic hydroxyl groups is 1. The van der Waals surface area contributed by atoms with Gasteiger partial charge in [-0.05, 0) is 34.5 Å². The summed E-state index contributed by atoms with van der Waals surface area (Å²) in [7, 11) is 0. The molecule has 0 saturated carbocycles. The predicted molar refractivity (Wildman–Crippen MR) is 61.1 cm³/mol. The second-order valence-electron chi connectivity index (χ2n) is 3.40. The quantitative estimate of drug-likeness (QED) is 0.825. The molecule has 0 amide bonds. The van der Waals surface area contributed by atoms with Gasteiger partial charge in [-0.15, -0.1) is 17.9 Å². The van der Waals surface area contributed by atoms with Crippen molar-refractivity contribution in [3.63, 3.8) is 0 Å². The van der Waals surface area contributed by atoms with Crippen LogP contribution in [0.3, 0.4) is 0 Å². The zero-order valence-corrected chi connectivity index (χ0v) is 9.99. The molecule has 3 heteroatoms. The summed E-state index contributed by atoms with van der Waals surface area (Å²) in [6.45, 7) is 5.89. The van der Waals surface area contributed by atoms with E-state index in [1.165, 1.54) is 4.88 Å². The summed E-state index contributed by atoms with van der Waals surface area (Å²) in [6.07, 6.45) is 2.67. The maximum absolute atomic E-state index is 9.18. The first-order valence-electron chi connectivity index (χ1n) is 4.08. The van der Waals surface area contributed by atoms with Crippen molar-refractivity contribution in [2.24, 2.45) is 5.41 Å². The molecule has 1 rings (SSSR count). The molecular weight excluding hydrogens is 248 g/mol. The van der Waals surface area contributed by atoms with Crippen LogP contribution in [0.15, 0.2) is 28.6 Å². The van der Waals surface area contributed by atoms with Crippen LogP contribution in [-0.2, 0) is 6.42 Å². The molecule has 1 heterocycles. The molecule has 72 valence electrons. The molecule has 13 heavy (non-hydrogen) atoms. The van der Waals surface area contributed by atoms with Gasteiger partial charge in [0.25, 0.3) is 0 Å². The van der Waals surface area contributed by atoms with E-state index in [9.17, 15) is 5.11 Å². The standard InChI is InChI=1S/C10H13BrOS/c1-3-10(2,7-12)6-8-4-5-9(11)13-8/h3-5,12H,1,6-7H2,2H3. The fourth-order valence-corrected chi connectivity index (χ4v) is 2.72. The van der Waals surface area contributed by atoms with Crippen molar-refractivity contribution in [3.05, 3.63) is 33.5 Å². The summed E-state index contributed by atoms with van der Waals surface area (Å²) in [5.74, 6) is 0. The van der Waals surface area contributed by atoms with Gasteiger partial charge in [0.2, 0.25) is 0 Å². The molecule has 0 saturated heterocycles. The summed E-state index contributed by atoms with van der Waals surface area (Å²) >= 11 is 5.12. The van der Waals surface area contributed by atoms with Crippen molar-refractivity contribution in [2.45, 2.75) is 13.3 Å². The molecule has 0 radical (unpaired) electrons. The van der Waals surface area contributed by atoms with Gasteiger partial charge in [-0.1, -0.05) is 13.0 Å². The zero-order chi connectivity index (χ0) is 9.90. The van der Waals surface area contributed by atoms with Crippen LogP contribution in [-0.4, -0.2) is 11.7 Å². The van der Waals surface area contributed by atoms with Crippen LogP contribution in [0.2, 0.25) is 0 Å². The Labute approximate surface area is 91.2 Å². The van der Waals surface area contributed by atoms with E-state index in [-0.39, 0.29) is 12.0 Å². The maximum atomic E-state index is 9.18. The molecule has 0 aliphatic heterocycles. The monoisotopic (exact) mass is 260 g/mol. The molecule has 1 aromatic rings. The highest BCUT2D eigenvalue weighted by molar-refractivity contribution is 9.11. The normalized spacial score (nSPS) is 15.3. The molecule has 1 aromatic heterocycles. The van der Waals surface area contributed by atoms with Gasteiger partial charge in [-0.3, -0.25) is 0 Å². The Kier molecular flexibility index (Phi) is 3.71. The minimum atomic E-state index is -0.190. The highest BCUT2D eigenvalue weighted by Crippen LogP contribution is 2.29. The Hall–Kier alpha value is -0.120. The van der Waals surface area contributed by atoms with Gasteiger partial charge in [0, 0.05) is 10.3 Å². The van der Waals surface area contributed by atoms with Crippen LogP contribution < -0.4 is 0 Å². The Bertz CT molecular complexity index is 295. The number of hydrogen-bond donors (Lipinski definition) is 1. The van der Waals surface area contributed by atoms with Crippen molar-refractivity contribution >= 4 is 27.3 Å². The number of rotatable bonds is 4. The summed E-state index contributed by atoms with van der Waals surface area (Å²) < 4.78 is 1.13. The maximum Gasteiger partial charge on any atom is 0.0701 e. The number of hydrogen-bond acceptors (Lipinski definition) is 2. The average Bonchev–Trinajstić information content (AvgIpc) is 2.51. The van der Waals surface area contributed by atoms with E-state index in [1.54, 1.807) is 11.3 Å². The lowest BCUT2D eigenvalue weighted by Crippen LogP contribution is -2.20. The van der Waals surface area contributed by atoms with Gasteiger partial charge in [-0.25, -0.2) is 0 Å². The van der Waals surface area contributed by atoms with Crippen LogP contribution >= 0.6 is 27.3 Å². The second-order valence-corrected chi connectivity index (χ2v) is 5.95. The summed E-state index contributed by atoms with van der Waals surface area (Å²) in [4.78, 5) is 1.27. The first kappa shape index (κ1) is 11.0. The largest absolute Gasteiger partial charge is 0.395 e. The molecule has 0 fully saturated rings. The first-order chi connectivity index (χ1) is 6.09. The van der Waals surface area contributed by atoms with Crippen molar-refractivity contribution in [3.8, 4) is 0 Å². The molecule has 1 nitrogen and oxygen atoms in total. The summed E-state index contributed by atoms with van der Waals surface area (Å²) in [6, 6.07) is 4.10. The highest BCUT2D eigenvalue weighted by atomic mass is 79.9. The van der Waals surface area contributed by atoms with Crippen LogP contribution in [0.1, 0.15) is 11.8 Å². The van der Waals surface area contributed by atoms with Gasteiger partial charge in [0.05, 0.1) is 10.4 Å². The topological polar surface area (TPSA) is 20.2 Å². The van der Waals surface area contributed by atoms with Crippen LogP contribution in [0.4, 0.5) is 0 Å². The van der Waals surface area contributed by atoms with E-state index >= 15 is 0 Å². The van der Waals surface area contributed by atoms with Gasteiger partial charge in [-0.2, -0.15) is 0 Å². The van der Waals surface area contributed by atoms with Crippen molar-refractivity contribution < 1.29 is 5.11 Å². The third-order valence-electron chi connectivity index (χ3n) is 2.06. The minimum absolute atomic E-state index is 0.145. The molecule has 0 aliphatic rings. The molecular formula is C10H13BrOS. The molecule has 1 atom stereocenters. The Morgan fingerprint density at radius 2 is 2.38 bits per heavy atom. The van der Waals surface area contributed by atoms with Crippen LogP contribution in [0.5, 0.6) is 0 Å². The van der Waals surface area contributed by atoms with Crippen molar-refractivity contribution in [2.75, 3.05) is 6.61 Å². The highest BCUT2D eigenvalue weighted by Gasteiger charge is 2.20. The Morgan fingerprint density at radius 3 is 2.77 bits per heavy atom. The summed E-state index contributed by atoms with van der Waals surface area (Å²) in [5, 5.41) is 9.18. The van der Waals surface area contributed by atoms with E-state index in [0.717, 1.165) is 10.2 Å². The van der Waals surface area contributed by atoms with Crippen molar-refractivity contribution in [1.29, 1.82) is 0 Å². The predicted octanol–water partition coefficient (Wildman–Crippen LogP) is 3.24. The third kappa shape index (κ3) is 2.93. The second kappa shape index (κ2) is 4.40. The smallest absolute Gasteiger partial charge is 0.0701 e. The first-order valence-corrected chi connectivity index (χ1v) is 5.69. The molecule has 0 spiro atoms. The van der Waals surface area contributed by atoms with E-state index in [4.69, 9.17) is 0 Å².